The van der Waals surface area contributed by atoms with Crippen LogP contribution in [-0.2, 0) is 10.0 Å². The molecule has 1 aliphatic carbocycles. The van der Waals surface area contributed by atoms with Crippen molar-refractivity contribution in [2.75, 3.05) is 4.72 Å². The van der Waals surface area contributed by atoms with E-state index in [0.29, 0.717) is 17.6 Å². The molecule has 0 bridgehead atoms. The summed E-state index contributed by atoms with van der Waals surface area (Å²) in [6.45, 7) is 0. The highest BCUT2D eigenvalue weighted by Crippen LogP contribution is 2.36. The van der Waals surface area contributed by atoms with Gasteiger partial charge in [0.25, 0.3) is 10.0 Å². The summed E-state index contributed by atoms with van der Waals surface area (Å²) in [5.74, 6) is 0.0483. The molecule has 0 aliphatic heterocycles. The summed E-state index contributed by atoms with van der Waals surface area (Å²) in [6, 6.07) is 11.9. The molecule has 4 rings (SSSR count). The number of aromatic nitrogens is 4. The van der Waals surface area contributed by atoms with Crippen LogP contribution in [0.3, 0.4) is 0 Å². The van der Waals surface area contributed by atoms with E-state index in [2.05, 4.69) is 20.2 Å². The van der Waals surface area contributed by atoms with E-state index in [1.54, 1.807) is 28.9 Å². The highest BCUT2D eigenvalue weighted by atomic mass is 32.2. The van der Waals surface area contributed by atoms with Gasteiger partial charge >= 0.3 is 0 Å². The van der Waals surface area contributed by atoms with E-state index in [1.165, 1.54) is 18.2 Å². The third kappa shape index (κ3) is 3.22. The van der Waals surface area contributed by atoms with Crippen LogP contribution in [0, 0.1) is 5.82 Å². The Balaban J connectivity index is 1.57. The van der Waals surface area contributed by atoms with Gasteiger partial charge in [-0.05, 0) is 65.7 Å². The van der Waals surface area contributed by atoms with E-state index in [1.807, 2.05) is 0 Å². The van der Waals surface area contributed by atoms with Gasteiger partial charge in [-0.15, -0.1) is 5.10 Å². The number of halogens is 1. The summed E-state index contributed by atoms with van der Waals surface area (Å²) < 4.78 is 42.1. The molecule has 9 heteroatoms. The zero-order valence-corrected chi connectivity index (χ0v) is 13.8. The van der Waals surface area contributed by atoms with Crippen molar-refractivity contribution >= 4 is 15.7 Å². The molecule has 1 fully saturated rings. The fraction of sp³-hybridized carbons (Fsp3) is 0.188. The van der Waals surface area contributed by atoms with Crippen LogP contribution in [0.2, 0.25) is 0 Å². The molecule has 2 aromatic carbocycles. The molecule has 0 spiro atoms. The molecule has 0 saturated heterocycles. The number of sulfonamides is 1. The quantitative estimate of drug-likeness (QED) is 0.756. The topological polar surface area (TPSA) is 89.8 Å². The van der Waals surface area contributed by atoms with Gasteiger partial charge in [0.1, 0.15) is 5.82 Å². The fourth-order valence-electron chi connectivity index (χ4n) is 2.48. The van der Waals surface area contributed by atoms with E-state index >= 15 is 0 Å². The zero-order chi connectivity index (χ0) is 17.4. The Morgan fingerprint density at radius 1 is 1.12 bits per heavy atom. The smallest absolute Gasteiger partial charge is 0.261 e. The average molecular weight is 359 g/mol. The number of rotatable bonds is 5. The molecule has 1 N–H and O–H groups in total. The van der Waals surface area contributed by atoms with Gasteiger partial charge in [0, 0.05) is 11.3 Å². The molecule has 0 unspecified atom stereocenters. The Morgan fingerprint density at radius 2 is 1.88 bits per heavy atom. The van der Waals surface area contributed by atoms with Crippen molar-refractivity contribution in [3.63, 3.8) is 0 Å². The zero-order valence-electron chi connectivity index (χ0n) is 13.0. The first-order valence-corrected chi connectivity index (χ1v) is 9.18. The summed E-state index contributed by atoms with van der Waals surface area (Å²) in [4.78, 5) is -0.130. The molecular weight excluding hydrogens is 345 g/mol. The molecular formula is C16H14FN5O2S. The van der Waals surface area contributed by atoms with Crippen LogP contribution in [0.4, 0.5) is 10.1 Å². The maximum Gasteiger partial charge on any atom is 0.261 e. The maximum absolute atomic E-state index is 13.2. The molecule has 3 aromatic rings. The van der Waals surface area contributed by atoms with Crippen LogP contribution >= 0.6 is 0 Å². The molecule has 25 heavy (non-hydrogen) atoms. The second-order valence-corrected chi connectivity index (χ2v) is 7.50. The number of benzene rings is 2. The van der Waals surface area contributed by atoms with Gasteiger partial charge in [0.2, 0.25) is 0 Å². The maximum atomic E-state index is 13.2. The number of nitrogens with zero attached hydrogens (tertiary/aromatic N) is 4. The Bertz CT molecular complexity index is 1010. The minimum Gasteiger partial charge on any atom is -0.280 e. The van der Waals surface area contributed by atoms with Gasteiger partial charge in [-0.2, -0.15) is 0 Å². The lowest BCUT2D eigenvalue weighted by Crippen LogP contribution is -2.13. The molecule has 1 aliphatic rings. The van der Waals surface area contributed by atoms with E-state index in [0.717, 1.165) is 24.5 Å². The fourth-order valence-corrected chi connectivity index (χ4v) is 3.57. The highest BCUT2D eigenvalue weighted by Gasteiger charge is 2.28. The van der Waals surface area contributed by atoms with Crippen molar-refractivity contribution in [1.29, 1.82) is 0 Å². The molecule has 1 heterocycles. The monoisotopic (exact) mass is 359 g/mol. The summed E-state index contributed by atoms with van der Waals surface area (Å²) in [7, 11) is -3.85. The summed E-state index contributed by atoms with van der Waals surface area (Å²) in [5.41, 5.74) is 1.17. The predicted octanol–water partition coefficient (Wildman–Crippen LogP) is 2.61. The first-order chi connectivity index (χ1) is 12.0. The Morgan fingerprint density at radius 3 is 2.56 bits per heavy atom. The molecule has 0 atom stereocenters. The van der Waals surface area contributed by atoms with Gasteiger partial charge in [-0.1, -0.05) is 6.07 Å². The van der Waals surface area contributed by atoms with Crippen molar-refractivity contribution in [2.24, 2.45) is 0 Å². The summed E-state index contributed by atoms with van der Waals surface area (Å²) >= 11 is 0. The first kappa shape index (κ1) is 15.7. The molecule has 0 radical (unpaired) electrons. The lowest BCUT2D eigenvalue weighted by atomic mass is 10.2. The van der Waals surface area contributed by atoms with Crippen LogP contribution in [0.15, 0.2) is 53.4 Å². The highest BCUT2D eigenvalue weighted by molar-refractivity contribution is 7.92. The van der Waals surface area contributed by atoms with E-state index in [-0.39, 0.29) is 4.90 Å². The second kappa shape index (κ2) is 5.92. The van der Waals surface area contributed by atoms with Crippen LogP contribution < -0.4 is 4.72 Å². The lowest BCUT2D eigenvalue weighted by Gasteiger charge is -2.09. The molecule has 1 saturated carbocycles. The second-order valence-electron chi connectivity index (χ2n) is 5.82. The first-order valence-electron chi connectivity index (χ1n) is 7.70. The summed E-state index contributed by atoms with van der Waals surface area (Å²) in [6.07, 6.45) is 2.12. The molecule has 1 aromatic heterocycles. The number of tetrazole rings is 1. The number of anilines is 1. The largest absolute Gasteiger partial charge is 0.280 e. The Labute approximate surface area is 143 Å². The SMILES string of the molecule is O=S(=O)(Nc1ccc(-c2nnnn2C2CC2)cc1)c1cccc(F)c1. The van der Waals surface area contributed by atoms with E-state index in [9.17, 15) is 12.8 Å². The third-order valence-electron chi connectivity index (χ3n) is 3.89. The lowest BCUT2D eigenvalue weighted by molar-refractivity contribution is 0.595. The van der Waals surface area contributed by atoms with E-state index < -0.39 is 15.8 Å². The molecule has 7 nitrogen and oxygen atoms in total. The van der Waals surface area contributed by atoms with Crippen molar-refractivity contribution in [3.05, 3.63) is 54.3 Å². The normalized spacial score (nSPS) is 14.4. The van der Waals surface area contributed by atoms with E-state index in [4.69, 9.17) is 0 Å². The Kier molecular flexibility index (Phi) is 3.72. The van der Waals surface area contributed by atoms with Crippen LogP contribution in [-0.4, -0.2) is 28.6 Å². The third-order valence-corrected chi connectivity index (χ3v) is 5.27. The minimum atomic E-state index is -3.85. The van der Waals surface area contributed by atoms with Gasteiger partial charge in [0.05, 0.1) is 10.9 Å². The number of hydrogen-bond donors (Lipinski definition) is 1. The Hall–Kier alpha value is -2.81. The van der Waals surface area contributed by atoms with Crippen molar-refractivity contribution in [3.8, 4) is 11.4 Å². The number of nitrogens with one attached hydrogen (secondary N) is 1. The molecule has 0 amide bonds. The summed E-state index contributed by atoms with van der Waals surface area (Å²) in [5, 5.41) is 11.7. The standard InChI is InChI=1S/C16H14FN5O2S/c17-12-2-1-3-15(10-12)25(23,24)19-13-6-4-11(5-7-13)16-18-20-21-22(16)14-8-9-14/h1-7,10,14,19H,8-9H2. The van der Waals surface area contributed by atoms with Gasteiger partial charge in [-0.25, -0.2) is 17.5 Å². The van der Waals surface area contributed by atoms with Crippen molar-refractivity contribution in [1.82, 2.24) is 20.2 Å². The molecule has 128 valence electrons. The predicted molar refractivity (Wildman–Crippen MR) is 88.7 cm³/mol. The van der Waals surface area contributed by atoms with Crippen molar-refractivity contribution < 1.29 is 12.8 Å². The average Bonchev–Trinajstić information content (AvgIpc) is 3.32. The van der Waals surface area contributed by atoms with Gasteiger partial charge in [-0.3, -0.25) is 4.72 Å². The van der Waals surface area contributed by atoms with Crippen molar-refractivity contribution in [2.45, 2.75) is 23.8 Å². The van der Waals surface area contributed by atoms with Crippen LogP contribution in [0.5, 0.6) is 0 Å². The van der Waals surface area contributed by atoms with Gasteiger partial charge < -0.3 is 0 Å². The van der Waals surface area contributed by atoms with Gasteiger partial charge in [0.15, 0.2) is 5.82 Å². The minimum absolute atomic E-state index is 0.130. The van der Waals surface area contributed by atoms with Crippen LogP contribution in [0.1, 0.15) is 18.9 Å². The van der Waals surface area contributed by atoms with Crippen LogP contribution in [0.25, 0.3) is 11.4 Å². The number of hydrogen-bond acceptors (Lipinski definition) is 5.